The Morgan fingerprint density at radius 3 is 2.53 bits per heavy atom. The van der Waals surface area contributed by atoms with E-state index < -0.39 is 0 Å². The zero-order valence-electron chi connectivity index (χ0n) is 8.90. The van der Waals surface area contributed by atoms with Crippen LogP contribution in [0.4, 0.5) is 5.69 Å². The van der Waals surface area contributed by atoms with E-state index in [0.29, 0.717) is 5.84 Å². The molecule has 0 spiro atoms. The molecule has 0 heterocycles. The van der Waals surface area contributed by atoms with Crippen LogP contribution in [0.25, 0.3) is 0 Å². The van der Waals surface area contributed by atoms with Crippen molar-refractivity contribution in [1.82, 2.24) is 0 Å². The van der Waals surface area contributed by atoms with E-state index in [-0.39, 0.29) is 0 Å². The molecule has 0 aliphatic heterocycles. The van der Waals surface area contributed by atoms with Crippen molar-refractivity contribution >= 4 is 50.0 Å². The number of aliphatic imine (C=N–C) groups is 1. The Balaban J connectivity index is 2.39. The summed E-state index contributed by atoms with van der Waals surface area (Å²) in [5.41, 5.74) is 7.79. The highest BCUT2D eigenvalue weighted by Crippen LogP contribution is 2.25. The summed E-state index contributed by atoms with van der Waals surface area (Å²) in [4.78, 5) is 4.45. The summed E-state index contributed by atoms with van der Waals surface area (Å²) in [5.74, 6) is 0.529. The van der Waals surface area contributed by atoms with Crippen LogP contribution in [0.3, 0.4) is 0 Å². The van der Waals surface area contributed by atoms with Gasteiger partial charge in [-0.05, 0) is 40.8 Å². The van der Waals surface area contributed by atoms with Crippen LogP contribution in [0, 0.1) is 3.57 Å². The lowest BCUT2D eigenvalue weighted by Crippen LogP contribution is -2.12. The Kier molecular flexibility index (Phi) is 4.17. The Bertz CT molecular complexity index is 553. The van der Waals surface area contributed by atoms with Crippen LogP contribution >= 0.6 is 38.5 Å². The van der Waals surface area contributed by atoms with Gasteiger partial charge in [-0.2, -0.15) is 0 Å². The van der Waals surface area contributed by atoms with Gasteiger partial charge in [0.05, 0.1) is 5.69 Å². The maximum Gasteiger partial charge on any atom is 0.131 e. The molecule has 2 aromatic carbocycles. The number of nitrogens with two attached hydrogens (primary N) is 1. The fourth-order valence-electron chi connectivity index (χ4n) is 1.37. The SMILES string of the molecule is NC(=Nc1cc(Br)ccc1I)c1ccccc1. The predicted molar refractivity (Wildman–Crippen MR) is 83.7 cm³/mol. The smallest absolute Gasteiger partial charge is 0.131 e. The van der Waals surface area contributed by atoms with Crippen LogP contribution in [0.15, 0.2) is 58.0 Å². The van der Waals surface area contributed by atoms with Gasteiger partial charge in [0.2, 0.25) is 0 Å². The molecule has 4 heteroatoms. The third kappa shape index (κ3) is 3.29. The average molecular weight is 401 g/mol. The molecule has 17 heavy (non-hydrogen) atoms. The fraction of sp³-hybridized carbons (Fsp3) is 0. The molecule has 0 amide bonds. The largest absolute Gasteiger partial charge is 0.383 e. The molecule has 0 aliphatic carbocycles. The molecular formula is C13H10BrIN2. The molecule has 86 valence electrons. The van der Waals surface area contributed by atoms with Crippen molar-refractivity contribution in [1.29, 1.82) is 0 Å². The van der Waals surface area contributed by atoms with E-state index in [1.165, 1.54) is 0 Å². The van der Waals surface area contributed by atoms with Gasteiger partial charge in [0.15, 0.2) is 0 Å². The molecule has 0 bridgehead atoms. The van der Waals surface area contributed by atoms with Crippen LogP contribution in [0.2, 0.25) is 0 Å². The second kappa shape index (κ2) is 5.64. The third-order valence-corrected chi connectivity index (χ3v) is 3.62. The normalized spacial score (nSPS) is 11.5. The van der Waals surface area contributed by atoms with Crippen molar-refractivity contribution < 1.29 is 0 Å². The number of hydrogen-bond acceptors (Lipinski definition) is 1. The molecule has 0 aromatic heterocycles. The lowest BCUT2D eigenvalue weighted by atomic mass is 10.2. The van der Waals surface area contributed by atoms with Crippen LogP contribution in [-0.2, 0) is 0 Å². The summed E-state index contributed by atoms with van der Waals surface area (Å²) in [6, 6.07) is 15.7. The van der Waals surface area contributed by atoms with Gasteiger partial charge >= 0.3 is 0 Å². The van der Waals surface area contributed by atoms with Crippen molar-refractivity contribution in [2.24, 2.45) is 10.7 Å². The van der Waals surface area contributed by atoms with E-state index in [4.69, 9.17) is 5.73 Å². The molecule has 2 aromatic rings. The first-order valence-corrected chi connectivity index (χ1v) is 6.88. The van der Waals surface area contributed by atoms with E-state index in [9.17, 15) is 0 Å². The summed E-state index contributed by atoms with van der Waals surface area (Å²) in [6.45, 7) is 0. The second-order valence-electron chi connectivity index (χ2n) is 3.46. The first-order chi connectivity index (χ1) is 8.16. The Morgan fingerprint density at radius 2 is 1.82 bits per heavy atom. The molecule has 2 nitrogen and oxygen atoms in total. The maximum atomic E-state index is 5.98. The summed E-state index contributed by atoms with van der Waals surface area (Å²) >= 11 is 5.68. The van der Waals surface area contributed by atoms with Gasteiger partial charge in [-0.3, -0.25) is 0 Å². The quantitative estimate of drug-likeness (QED) is 0.460. The van der Waals surface area contributed by atoms with Gasteiger partial charge in [-0.25, -0.2) is 4.99 Å². The van der Waals surface area contributed by atoms with E-state index in [1.807, 2.05) is 48.5 Å². The molecule has 0 aliphatic rings. The summed E-state index contributed by atoms with van der Waals surface area (Å²) in [7, 11) is 0. The first-order valence-electron chi connectivity index (χ1n) is 5.01. The number of amidine groups is 1. The molecule has 0 fully saturated rings. The van der Waals surface area contributed by atoms with Gasteiger partial charge in [0, 0.05) is 13.6 Å². The van der Waals surface area contributed by atoms with E-state index in [0.717, 1.165) is 19.3 Å². The zero-order valence-corrected chi connectivity index (χ0v) is 12.6. The van der Waals surface area contributed by atoms with Crippen LogP contribution in [0.5, 0.6) is 0 Å². The van der Waals surface area contributed by atoms with Gasteiger partial charge in [0.1, 0.15) is 5.84 Å². The van der Waals surface area contributed by atoms with Gasteiger partial charge in [-0.1, -0.05) is 46.3 Å². The molecule has 0 saturated heterocycles. The summed E-state index contributed by atoms with van der Waals surface area (Å²) in [6.07, 6.45) is 0. The number of nitrogens with zero attached hydrogens (tertiary/aromatic N) is 1. The second-order valence-corrected chi connectivity index (χ2v) is 5.54. The minimum absolute atomic E-state index is 0.529. The summed E-state index contributed by atoms with van der Waals surface area (Å²) in [5, 5.41) is 0. The van der Waals surface area contributed by atoms with E-state index in [2.05, 4.69) is 43.5 Å². The molecule has 2 N–H and O–H groups in total. The molecular weight excluding hydrogens is 391 g/mol. The van der Waals surface area contributed by atoms with Crippen molar-refractivity contribution in [3.63, 3.8) is 0 Å². The summed E-state index contributed by atoms with van der Waals surface area (Å²) < 4.78 is 2.07. The molecule has 0 atom stereocenters. The Hall–Kier alpha value is -0.880. The minimum atomic E-state index is 0.529. The number of rotatable bonds is 2. The minimum Gasteiger partial charge on any atom is -0.383 e. The highest BCUT2D eigenvalue weighted by atomic mass is 127. The van der Waals surface area contributed by atoms with Crippen molar-refractivity contribution in [3.05, 3.63) is 62.1 Å². The average Bonchev–Trinajstić information content (AvgIpc) is 2.35. The van der Waals surface area contributed by atoms with Gasteiger partial charge in [-0.15, -0.1) is 0 Å². The van der Waals surface area contributed by atoms with E-state index in [1.54, 1.807) is 0 Å². The number of hydrogen-bond donors (Lipinski definition) is 1. The third-order valence-electron chi connectivity index (χ3n) is 2.22. The molecule has 0 unspecified atom stereocenters. The zero-order chi connectivity index (χ0) is 12.3. The highest BCUT2D eigenvalue weighted by Gasteiger charge is 2.02. The standard InChI is InChI=1S/C13H10BrIN2/c14-10-6-7-11(15)12(8-10)17-13(16)9-4-2-1-3-5-9/h1-8H,(H2,16,17). The van der Waals surface area contributed by atoms with Crippen LogP contribution < -0.4 is 5.73 Å². The molecule has 0 radical (unpaired) electrons. The molecule has 0 saturated carbocycles. The fourth-order valence-corrected chi connectivity index (χ4v) is 2.18. The predicted octanol–water partition coefficient (Wildman–Crippen LogP) is 4.09. The number of halogens is 2. The van der Waals surface area contributed by atoms with Crippen molar-refractivity contribution in [2.75, 3.05) is 0 Å². The topological polar surface area (TPSA) is 38.4 Å². The van der Waals surface area contributed by atoms with E-state index >= 15 is 0 Å². The highest BCUT2D eigenvalue weighted by molar-refractivity contribution is 14.1. The van der Waals surface area contributed by atoms with Gasteiger partial charge in [0.25, 0.3) is 0 Å². The Labute approximate surface area is 122 Å². The maximum absolute atomic E-state index is 5.98. The van der Waals surface area contributed by atoms with Crippen molar-refractivity contribution in [3.8, 4) is 0 Å². The Morgan fingerprint density at radius 1 is 1.12 bits per heavy atom. The monoisotopic (exact) mass is 400 g/mol. The van der Waals surface area contributed by atoms with Crippen LogP contribution in [0.1, 0.15) is 5.56 Å². The lowest BCUT2D eigenvalue weighted by molar-refractivity contribution is 1.42. The number of benzene rings is 2. The van der Waals surface area contributed by atoms with Crippen LogP contribution in [-0.4, -0.2) is 5.84 Å². The van der Waals surface area contributed by atoms with Crippen molar-refractivity contribution in [2.45, 2.75) is 0 Å². The van der Waals surface area contributed by atoms with Gasteiger partial charge < -0.3 is 5.73 Å². The first kappa shape index (κ1) is 12.6. The lowest BCUT2D eigenvalue weighted by Gasteiger charge is -2.03. The molecule has 2 rings (SSSR count).